The average molecular weight is 429 g/mol. The van der Waals surface area contributed by atoms with Gasteiger partial charge in [0.2, 0.25) is 5.91 Å². The Morgan fingerprint density at radius 3 is 2.29 bits per heavy atom. The minimum Gasteiger partial charge on any atom is -0.378 e. The average Bonchev–Trinajstić information content (AvgIpc) is 2.67. The van der Waals surface area contributed by atoms with Gasteiger partial charge in [-0.1, -0.05) is 25.4 Å². The molecule has 2 aliphatic rings. The maximum Gasteiger partial charge on any atom is 0.243 e. The molecule has 2 atom stereocenters. The van der Waals surface area contributed by atoms with Crippen LogP contribution in [0, 0.1) is 11.3 Å². The minimum atomic E-state index is -0.889. The second-order valence-corrected chi connectivity index (χ2v) is 8.72. The fourth-order valence-corrected chi connectivity index (χ4v) is 4.40. The van der Waals surface area contributed by atoms with Crippen LogP contribution in [0.1, 0.15) is 50.4 Å². The van der Waals surface area contributed by atoms with Gasteiger partial charge in [0.1, 0.15) is 5.54 Å². The van der Waals surface area contributed by atoms with E-state index in [-0.39, 0.29) is 36.1 Å². The number of rotatable bonds is 5. The van der Waals surface area contributed by atoms with Crippen molar-refractivity contribution < 1.29 is 14.3 Å². The summed E-state index contributed by atoms with van der Waals surface area (Å²) in [5, 5.41) is 0.619. The largest absolute Gasteiger partial charge is 0.378 e. The maximum absolute atomic E-state index is 13.1. The molecule has 1 aromatic rings. The van der Waals surface area contributed by atoms with Crippen molar-refractivity contribution in [1.82, 2.24) is 4.90 Å². The Kier molecular flexibility index (Phi) is 7.19. The summed E-state index contributed by atoms with van der Waals surface area (Å²) in [5.74, 6) is 0.0528. The van der Waals surface area contributed by atoms with Crippen LogP contribution in [0.2, 0.25) is 5.02 Å². The van der Waals surface area contributed by atoms with Crippen molar-refractivity contribution in [3.8, 4) is 0 Å². The number of halogens is 2. The molecule has 1 saturated heterocycles. The van der Waals surface area contributed by atoms with Crippen molar-refractivity contribution in [2.45, 2.75) is 51.7 Å². The lowest BCUT2D eigenvalue weighted by molar-refractivity contribution is -0.180. The molecule has 156 valence electrons. The van der Waals surface area contributed by atoms with E-state index in [9.17, 15) is 9.59 Å². The van der Waals surface area contributed by atoms with Gasteiger partial charge >= 0.3 is 0 Å². The Morgan fingerprint density at radius 2 is 1.79 bits per heavy atom. The number of ketones is 1. The lowest BCUT2D eigenvalue weighted by Gasteiger charge is -2.59. The van der Waals surface area contributed by atoms with Crippen LogP contribution in [-0.4, -0.2) is 47.9 Å². The third-order valence-electron chi connectivity index (χ3n) is 6.49. The van der Waals surface area contributed by atoms with Crippen LogP contribution in [0.15, 0.2) is 24.3 Å². The van der Waals surface area contributed by atoms with E-state index in [1.165, 1.54) is 0 Å². The highest BCUT2D eigenvalue weighted by molar-refractivity contribution is 6.30. The van der Waals surface area contributed by atoms with E-state index in [2.05, 4.69) is 0 Å². The number of hydrogen-bond donors (Lipinski definition) is 1. The predicted molar refractivity (Wildman–Crippen MR) is 113 cm³/mol. The number of nitrogens with two attached hydrogens (primary N) is 1. The van der Waals surface area contributed by atoms with Gasteiger partial charge in [-0.15, -0.1) is 12.4 Å². The van der Waals surface area contributed by atoms with Crippen molar-refractivity contribution in [3.05, 3.63) is 34.9 Å². The van der Waals surface area contributed by atoms with Gasteiger partial charge in [0.05, 0.1) is 6.10 Å². The van der Waals surface area contributed by atoms with Crippen LogP contribution in [0.3, 0.4) is 0 Å². The van der Waals surface area contributed by atoms with Crippen molar-refractivity contribution in [2.75, 3.05) is 19.7 Å². The van der Waals surface area contributed by atoms with Gasteiger partial charge in [-0.05, 0) is 44.0 Å². The first-order chi connectivity index (χ1) is 12.7. The number of benzene rings is 1. The molecule has 2 N–H and O–H groups in total. The van der Waals surface area contributed by atoms with Crippen LogP contribution in [0.25, 0.3) is 0 Å². The molecule has 1 heterocycles. The minimum absolute atomic E-state index is 0. The molecule has 1 aromatic carbocycles. The molecular weight excluding hydrogens is 399 g/mol. The van der Waals surface area contributed by atoms with Crippen molar-refractivity contribution >= 4 is 35.7 Å². The molecule has 28 heavy (non-hydrogen) atoms. The van der Waals surface area contributed by atoms with E-state index in [0.717, 1.165) is 0 Å². The zero-order chi connectivity index (χ0) is 19.8. The summed E-state index contributed by atoms with van der Waals surface area (Å²) in [6.07, 6.45) is 1.90. The Labute approximate surface area is 178 Å². The van der Waals surface area contributed by atoms with Crippen LogP contribution in [-0.2, 0) is 9.53 Å². The summed E-state index contributed by atoms with van der Waals surface area (Å²) < 4.78 is 5.73. The number of nitrogens with zero attached hydrogens (tertiary/aromatic N) is 1. The number of ether oxygens (including phenoxy) is 1. The highest BCUT2D eigenvalue weighted by Crippen LogP contribution is 2.50. The van der Waals surface area contributed by atoms with Crippen LogP contribution >= 0.6 is 24.0 Å². The van der Waals surface area contributed by atoms with Gasteiger partial charge in [-0.2, -0.15) is 0 Å². The topological polar surface area (TPSA) is 72.6 Å². The molecule has 0 radical (unpaired) electrons. The lowest BCUT2D eigenvalue weighted by Crippen LogP contribution is -2.76. The maximum atomic E-state index is 13.1. The van der Waals surface area contributed by atoms with E-state index in [0.29, 0.717) is 49.5 Å². The molecular formula is C21H30Cl2N2O3. The summed E-state index contributed by atoms with van der Waals surface area (Å²) in [4.78, 5) is 27.6. The first-order valence-corrected chi connectivity index (χ1v) is 10.1. The number of likely N-dealkylation sites (tertiary alicyclic amines) is 1. The quantitative estimate of drug-likeness (QED) is 0.725. The molecule has 1 amide bonds. The number of piperidine rings is 1. The molecule has 5 nitrogen and oxygen atoms in total. The molecule has 0 spiro atoms. The summed E-state index contributed by atoms with van der Waals surface area (Å²) in [7, 11) is 0. The van der Waals surface area contributed by atoms with Crippen LogP contribution in [0.4, 0.5) is 0 Å². The molecule has 1 saturated carbocycles. The number of Topliss-reactive ketones (excluding diaryl/α,β-unsaturated/α-hetero) is 1. The van der Waals surface area contributed by atoms with Gasteiger partial charge in [-0.3, -0.25) is 9.59 Å². The standard InChI is InChI=1S/C21H29ClN2O3.ClH/c1-4-27-17-13-21(23,20(17,2)3)19(26)24-11-9-15(10-12-24)18(25)14-5-7-16(22)8-6-14;/h5-8,15,17H,4,9-13,23H2,1-3H3;1H. The summed E-state index contributed by atoms with van der Waals surface area (Å²) in [5.41, 5.74) is 5.92. The third kappa shape index (κ3) is 3.95. The van der Waals surface area contributed by atoms with Gasteiger partial charge in [0.25, 0.3) is 0 Å². The van der Waals surface area contributed by atoms with E-state index < -0.39 is 11.0 Å². The number of carbonyl (C=O) groups is 2. The van der Waals surface area contributed by atoms with E-state index in [1.54, 1.807) is 24.3 Å². The van der Waals surface area contributed by atoms with Gasteiger partial charge < -0.3 is 15.4 Å². The van der Waals surface area contributed by atoms with E-state index in [1.807, 2.05) is 25.7 Å². The smallest absolute Gasteiger partial charge is 0.243 e. The zero-order valence-electron chi connectivity index (χ0n) is 16.7. The second kappa shape index (κ2) is 8.70. The Morgan fingerprint density at radius 1 is 1.21 bits per heavy atom. The zero-order valence-corrected chi connectivity index (χ0v) is 18.3. The fourth-order valence-electron chi connectivity index (χ4n) is 4.27. The molecule has 2 fully saturated rings. The molecule has 1 aliphatic carbocycles. The Balaban J connectivity index is 0.00000280. The highest BCUT2D eigenvalue weighted by atomic mass is 35.5. The normalized spacial score (nSPS) is 26.9. The van der Waals surface area contributed by atoms with Crippen molar-refractivity contribution in [2.24, 2.45) is 17.1 Å². The van der Waals surface area contributed by atoms with Gasteiger partial charge in [0, 0.05) is 48.0 Å². The first kappa shape index (κ1) is 23.1. The van der Waals surface area contributed by atoms with Crippen molar-refractivity contribution in [3.63, 3.8) is 0 Å². The summed E-state index contributed by atoms with van der Waals surface area (Å²) >= 11 is 5.89. The van der Waals surface area contributed by atoms with Crippen LogP contribution < -0.4 is 5.73 Å². The van der Waals surface area contributed by atoms with Crippen LogP contribution in [0.5, 0.6) is 0 Å². The first-order valence-electron chi connectivity index (χ1n) is 9.70. The second-order valence-electron chi connectivity index (χ2n) is 8.28. The molecule has 2 unspecified atom stereocenters. The third-order valence-corrected chi connectivity index (χ3v) is 6.75. The Bertz CT molecular complexity index is 715. The molecule has 1 aliphatic heterocycles. The predicted octanol–water partition coefficient (Wildman–Crippen LogP) is 3.72. The Hall–Kier alpha value is -1.14. The molecule has 0 bridgehead atoms. The number of carbonyl (C=O) groups excluding carboxylic acids is 2. The summed E-state index contributed by atoms with van der Waals surface area (Å²) in [6.45, 7) is 7.72. The van der Waals surface area contributed by atoms with Gasteiger partial charge in [-0.25, -0.2) is 0 Å². The molecule has 3 rings (SSSR count). The highest BCUT2D eigenvalue weighted by Gasteiger charge is 2.63. The molecule has 7 heteroatoms. The number of amides is 1. The lowest BCUT2D eigenvalue weighted by atomic mass is 9.54. The summed E-state index contributed by atoms with van der Waals surface area (Å²) in [6, 6.07) is 7.00. The number of hydrogen-bond acceptors (Lipinski definition) is 4. The van der Waals surface area contributed by atoms with E-state index >= 15 is 0 Å². The SMILES string of the molecule is CCOC1CC(N)(C(=O)N2CCC(C(=O)c3ccc(Cl)cc3)CC2)C1(C)C.Cl. The molecule has 0 aromatic heterocycles. The van der Waals surface area contributed by atoms with E-state index in [4.69, 9.17) is 22.1 Å². The fraction of sp³-hybridized carbons (Fsp3) is 0.619. The van der Waals surface area contributed by atoms with Crippen molar-refractivity contribution in [1.29, 1.82) is 0 Å². The monoisotopic (exact) mass is 428 g/mol. The van der Waals surface area contributed by atoms with Gasteiger partial charge in [0.15, 0.2) is 5.78 Å².